The van der Waals surface area contributed by atoms with Gasteiger partial charge in [0.25, 0.3) is 0 Å². The lowest BCUT2D eigenvalue weighted by Gasteiger charge is -2.23. The minimum Gasteiger partial charge on any atom is -0.376 e. The summed E-state index contributed by atoms with van der Waals surface area (Å²) in [6.45, 7) is 2.45. The first-order chi connectivity index (χ1) is 7.85. The van der Waals surface area contributed by atoms with Crippen LogP contribution >= 0.6 is 12.2 Å². The van der Waals surface area contributed by atoms with Crippen LogP contribution in [0.1, 0.15) is 6.92 Å². The van der Waals surface area contributed by atoms with Crippen LogP contribution in [0.3, 0.4) is 0 Å². The largest absolute Gasteiger partial charge is 0.376 e. The Balaban J connectivity index is 3.19. The molecule has 0 bridgehead atoms. The molecule has 0 spiro atoms. The predicted octanol–water partition coefficient (Wildman–Crippen LogP) is 1.13. The molecule has 0 saturated heterocycles. The maximum Gasteiger partial charge on any atom is 0.229 e. The third kappa shape index (κ3) is 3.86. The summed E-state index contributed by atoms with van der Waals surface area (Å²) in [7, 11) is -3.33. The molecule has 94 valence electrons. The van der Waals surface area contributed by atoms with Crippen LogP contribution in [-0.4, -0.2) is 26.3 Å². The van der Waals surface area contributed by atoms with Crippen LogP contribution in [-0.2, 0) is 10.0 Å². The number of para-hydroxylation sites is 2. The number of benzene rings is 1. The molecule has 0 aromatic heterocycles. The molecular formula is C10H15N3O2S2. The van der Waals surface area contributed by atoms with Crippen LogP contribution in [0.5, 0.6) is 0 Å². The van der Waals surface area contributed by atoms with Gasteiger partial charge in [0.1, 0.15) is 0 Å². The zero-order valence-electron chi connectivity index (χ0n) is 9.67. The normalized spacial score (nSPS) is 10.9. The molecule has 1 aromatic rings. The first-order valence-corrected chi connectivity index (χ1v) is 7.29. The fourth-order valence-electron chi connectivity index (χ4n) is 1.44. The van der Waals surface area contributed by atoms with Crippen LogP contribution in [0.15, 0.2) is 24.3 Å². The summed E-state index contributed by atoms with van der Waals surface area (Å²) in [4.78, 5) is 1.66. The van der Waals surface area contributed by atoms with E-state index in [1.54, 1.807) is 29.2 Å². The van der Waals surface area contributed by atoms with Gasteiger partial charge >= 0.3 is 0 Å². The van der Waals surface area contributed by atoms with Crippen molar-refractivity contribution < 1.29 is 8.42 Å². The summed E-state index contributed by atoms with van der Waals surface area (Å²) < 4.78 is 24.9. The van der Waals surface area contributed by atoms with Crippen molar-refractivity contribution in [3.8, 4) is 0 Å². The summed E-state index contributed by atoms with van der Waals surface area (Å²) in [5.74, 6) is 0. The van der Waals surface area contributed by atoms with Crippen molar-refractivity contribution in [2.75, 3.05) is 22.4 Å². The van der Waals surface area contributed by atoms with Gasteiger partial charge < -0.3 is 10.6 Å². The second kappa shape index (κ2) is 5.33. The molecule has 0 aliphatic rings. The first-order valence-electron chi connectivity index (χ1n) is 4.99. The number of thiocarbonyl (C=S) groups is 1. The van der Waals surface area contributed by atoms with Crippen molar-refractivity contribution in [1.82, 2.24) is 0 Å². The van der Waals surface area contributed by atoms with Gasteiger partial charge in [0.05, 0.1) is 17.6 Å². The average Bonchev–Trinajstić information content (AvgIpc) is 2.18. The van der Waals surface area contributed by atoms with Gasteiger partial charge in [-0.05, 0) is 31.3 Å². The number of anilines is 2. The molecule has 1 aromatic carbocycles. The van der Waals surface area contributed by atoms with E-state index in [1.807, 2.05) is 6.92 Å². The zero-order chi connectivity index (χ0) is 13.1. The number of nitrogens with one attached hydrogen (secondary N) is 1. The molecule has 7 heteroatoms. The van der Waals surface area contributed by atoms with Crippen LogP contribution < -0.4 is 15.4 Å². The van der Waals surface area contributed by atoms with Gasteiger partial charge in [-0.25, -0.2) is 8.42 Å². The molecule has 0 heterocycles. The standard InChI is InChI=1S/C10H15N3O2S2/c1-3-13(10(11)16)9-7-5-4-6-8(9)12-17(2,14)15/h4-7,12H,3H2,1-2H3,(H2,11,16). The zero-order valence-corrected chi connectivity index (χ0v) is 11.3. The van der Waals surface area contributed by atoms with Crippen molar-refractivity contribution >= 4 is 38.7 Å². The third-order valence-corrected chi connectivity index (χ3v) is 2.88. The SMILES string of the molecule is CCN(C(N)=S)c1ccccc1NS(C)(=O)=O. The number of hydrogen-bond donors (Lipinski definition) is 2. The van der Waals surface area contributed by atoms with E-state index in [4.69, 9.17) is 18.0 Å². The topological polar surface area (TPSA) is 75.4 Å². The van der Waals surface area contributed by atoms with Crippen molar-refractivity contribution in [1.29, 1.82) is 0 Å². The maximum atomic E-state index is 11.2. The highest BCUT2D eigenvalue weighted by molar-refractivity contribution is 7.92. The summed E-state index contributed by atoms with van der Waals surface area (Å²) in [6.07, 6.45) is 1.10. The van der Waals surface area contributed by atoms with Crippen molar-refractivity contribution in [3.63, 3.8) is 0 Å². The Morgan fingerprint density at radius 2 is 2.06 bits per heavy atom. The Bertz CT molecular complexity index is 514. The Morgan fingerprint density at radius 1 is 1.47 bits per heavy atom. The fraction of sp³-hybridized carbons (Fsp3) is 0.300. The summed E-state index contributed by atoms with van der Waals surface area (Å²) >= 11 is 4.93. The fourth-order valence-corrected chi connectivity index (χ4v) is 2.24. The van der Waals surface area contributed by atoms with Gasteiger partial charge in [-0.2, -0.15) is 0 Å². The maximum absolute atomic E-state index is 11.2. The lowest BCUT2D eigenvalue weighted by Crippen LogP contribution is -2.35. The number of nitrogens with zero attached hydrogens (tertiary/aromatic N) is 1. The quantitative estimate of drug-likeness (QED) is 0.804. The molecule has 0 unspecified atom stereocenters. The molecule has 0 aliphatic heterocycles. The monoisotopic (exact) mass is 273 g/mol. The number of hydrogen-bond acceptors (Lipinski definition) is 3. The van der Waals surface area contributed by atoms with E-state index in [-0.39, 0.29) is 5.11 Å². The lowest BCUT2D eigenvalue weighted by molar-refractivity contribution is 0.607. The van der Waals surface area contributed by atoms with Crippen LogP contribution in [0, 0.1) is 0 Å². The molecule has 0 amide bonds. The Labute approximate surface area is 107 Å². The predicted molar refractivity (Wildman–Crippen MR) is 74.7 cm³/mol. The van der Waals surface area contributed by atoms with Gasteiger partial charge in [-0.3, -0.25) is 4.72 Å². The van der Waals surface area contributed by atoms with Gasteiger partial charge in [0.15, 0.2) is 5.11 Å². The summed E-state index contributed by atoms with van der Waals surface area (Å²) in [5.41, 5.74) is 6.70. The van der Waals surface area contributed by atoms with E-state index in [0.717, 1.165) is 6.26 Å². The second-order valence-electron chi connectivity index (χ2n) is 3.47. The third-order valence-electron chi connectivity index (χ3n) is 2.07. The van der Waals surface area contributed by atoms with Crippen LogP contribution in [0.2, 0.25) is 0 Å². The minimum absolute atomic E-state index is 0.204. The van der Waals surface area contributed by atoms with Gasteiger partial charge in [-0.15, -0.1) is 0 Å². The highest BCUT2D eigenvalue weighted by atomic mass is 32.2. The van der Waals surface area contributed by atoms with Crippen LogP contribution in [0.25, 0.3) is 0 Å². The van der Waals surface area contributed by atoms with Crippen molar-refractivity contribution in [2.45, 2.75) is 6.92 Å². The molecular weight excluding hydrogens is 258 g/mol. The van der Waals surface area contributed by atoms with E-state index >= 15 is 0 Å². The van der Waals surface area contributed by atoms with E-state index in [0.29, 0.717) is 17.9 Å². The number of rotatable bonds is 4. The average molecular weight is 273 g/mol. The summed E-state index contributed by atoms with van der Waals surface area (Å²) in [5, 5.41) is 0.204. The van der Waals surface area contributed by atoms with Gasteiger partial charge in [-0.1, -0.05) is 12.1 Å². The molecule has 17 heavy (non-hydrogen) atoms. The van der Waals surface area contributed by atoms with E-state index < -0.39 is 10.0 Å². The Morgan fingerprint density at radius 3 is 2.53 bits per heavy atom. The van der Waals surface area contributed by atoms with E-state index in [1.165, 1.54) is 0 Å². The molecule has 0 saturated carbocycles. The smallest absolute Gasteiger partial charge is 0.229 e. The van der Waals surface area contributed by atoms with Gasteiger partial charge in [0, 0.05) is 6.54 Å². The number of nitrogens with two attached hydrogens (primary N) is 1. The highest BCUT2D eigenvalue weighted by Crippen LogP contribution is 2.26. The Hall–Kier alpha value is -1.34. The molecule has 1 rings (SSSR count). The lowest BCUT2D eigenvalue weighted by atomic mass is 10.2. The first kappa shape index (κ1) is 13.7. The van der Waals surface area contributed by atoms with E-state index in [9.17, 15) is 8.42 Å². The summed E-state index contributed by atoms with van der Waals surface area (Å²) in [6, 6.07) is 6.96. The van der Waals surface area contributed by atoms with E-state index in [2.05, 4.69) is 4.72 Å². The molecule has 0 atom stereocenters. The molecule has 0 fully saturated rings. The number of sulfonamides is 1. The second-order valence-corrected chi connectivity index (χ2v) is 5.64. The molecule has 0 radical (unpaired) electrons. The van der Waals surface area contributed by atoms with Crippen LogP contribution in [0.4, 0.5) is 11.4 Å². The van der Waals surface area contributed by atoms with Crippen molar-refractivity contribution in [3.05, 3.63) is 24.3 Å². The molecule has 0 aliphatic carbocycles. The Kier molecular flexibility index (Phi) is 4.30. The molecule has 3 N–H and O–H groups in total. The highest BCUT2D eigenvalue weighted by Gasteiger charge is 2.13. The van der Waals surface area contributed by atoms with Gasteiger partial charge in [0.2, 0.25) is 10.0 Å². The van der Waals surface area contributed by atoms with Crippen molar-refractivity contribution in [2.24, 2.45) is 5.73 Å². The molecule has 5 nitrogen and oxygen atoms in total. The minimum atomic E-state index is -3.33.